The maximum absolute atomic E-state index is 11.5. The molecule has 0 bridgehead atoms. The van der Waals surface area contributed by atoms with Crippen LogP contribution in [-0.2, 0) is 9.53 Å². The van der Waals surface area contributed by atoms with E-state index in [0.29, 0.717) is 12.3 Å². The van der Waals surface area contributed by atoms with Crippen LogP contribution in [0.4, 0.5) is 5.82 Å². The van der Waals surface area contributed by atoms with Crippen molar-refractivity contribution in [2.24, 2.45) is 0 Å². The van der Waals surface area contributed by atoms with Crippen molar-refractivity contribution in [3.63, 3.8) is 0 Å². The Morgan fingerprint density at radius 1 is 1.32 bits per heavy atom. The zero-order valence-corrected chi connectivity index (χ0v) is 15.3. The zero-order valence-electron chi connectivity index (χ0n) is 15.3. The minimum atomic E-state index is 0.106. The summed E-state index contributed by atoms with van der Waals surface area (Å²) in [6.07, 6.45) is 2.86. The first-order chi connectivity index (χ1) is 12.2. The third-order valence-electron chi connectivity index (χ3n) is 5.04. The summed E-state index contributed by atoms with van der Waals surface area (Å²) in [7, 11) is 1.69. The van der Waals surface area contributed by atoms with Crippen LogP contribution in [0.1, 0.15) is 36.7 Å². The fourth-order valence-electron chi connectivity index (χ4n) is 3.62. The molecule has 1 aromatic rings. The van der Waals surface area contributed by atoms with Crippen LogP contribution in [0.3, 0.4) is 0 Å². The number of piperidine rings is 1. The molecule has 2 saturated heterocycles. The highest BCUT2D eigenvalue weighted by Crippen LogP contribution is 2.28. The molecule has 7 heteroatoms. The van der Waals surface area contributed by atoms with Crippen molar-refractivity contribution in [2.45, 2.75) is 32.1 Å². The molecule has 2 fully saturated rings. The van der Waals surface area contributed by atoms with Crippen LogP contribution in [0.15, 0.2) is 6.07 Å². The Balaban J connectivity index is 1.67. The van der Waals surface area contributed by atoms with Crippen molar-refractivity contribution in [1.29, 1.82) is 0 Å². The van der Waals surface area contributed by atoms with E-state index in [-0.39, 0.29) is 5.91 Å². The molecule has 1 aromatic heterocycles. The number of nitrogens with one attached hydrogen (secondary N) is 1. The second kappa shape index (κ2) is 8.58. The molecule has 0 saturated carbocycles. The van der Waals surface area contributed by atoms with Gasteiger partial charge in [-0.2, -0.15) is 0 Å². The number of anilines is 1. The number of likely N-dealkylation sites (tertiary alicyclic amines) is 1. The Labute approximate surface area is 149 Å². The molecule has 2 aliphatic rings. The minimum absolute atomic E-state index is 0.106. The second-order valence-electron chi connectivity index (χ2n) is 6.86. The normalized spacial score (nSPS) is 22.0. The van der Waals surface area contributed by atoms with E-state index in [1.165, 1.54) is 0 Å². The van der Waals surface area contributed by atoms with Gasteiger partial charge in [0.05, 0.1) is 18.9 Å². The summed E-state index contributed by atoms with van der Waals surface area (Å²) >= 11 is 0. The van der Waals surface area contributed by atoms with Crippen LogP contribution >= 0.6 is 0 Å². The Morgan fingerprint density at radius 2 is 2.12 bits per heavy atom. The molecule has 1 atom stereocenters. The quantitative estimate of drug-likeness (QED) is 0.855. The van der Waals surface area contributed by atoms with Crippen molar-refractivity contribution in [2.75, 3.05) is 57.9 Å². The maximum atomic E-state index is 11.5. The van der Waals surface area contributed by atoms with Gasteiger partial charge >= 0.3 is 0 Å². The van der Waals surface area contributed by atoms with Crippen molar-refractivity contribution in [3.05, 3.63) is 17.6 Å². The molecule has 0 aromatic carbocycles. The Morgan fingerprint density at radius 3 is 2.88 bits per heavy atom. The summed E-state index contributed by atoms with van der Waals surface area (Å²) in [4.78, 5) is 25.5. The van der Waals surface area contributed by atoms with Gasteiger partial charge in [-0.15, -0.1) is 0 Å². The first-order valence-corrected chi connectivity index (χ1v) is 9.27. The highest BCUT2D eigenvalue weighted by Gasteiger charge is 2.24. The summed E-state index contributed by atoms with van der Waals surface area (Å²) in [5.74, 6) is 2.38. The zero-order chi connectivity index (χ0) is 17.6. The highest BCUT2D eigenvalue weighted by molar-refractivity contribution is 5.75. The summed E-state index contributed by atoms with van der Waals surface area (Å²) in [6, 6.07) is 2.16. The molecular formula is C18H29N5O2. The van der Waals surface area contributed by atoms with Gasteiger partial charge in [0, 0.05) is 51.6 Å². The van der Waals surface area contributed by atoms with Crippen LogP contribution in [0, 0.1) is 6.92 Å². The van der Waals surface area contributed by atoms with Crippen molar-refractivity contribution >= 4 is 11.7 Å². The van der Waals surface area contributed by atoms with Gasteiger partial charge in [-0.05, 0) is 26.3 Å². The van der Waals surface area contributed by atoms with Gasteiger partial charge < -0.3 is 19.9 Å². The molecule has 7 nitrogen and oxygen atoms in total. The molecule has 1 amide bonds. The third kappa shape index (κ3) is 4.89. The largest absolute Gasteiger partial charge is 0.378 e. The number of carbonyl (C=O) groups is 1. The lowest BCUT2D eigenvalue weighted by Crippen LogP contribution is -2.38. The summed E-state index contributed by atoms with van der Waals surface area (Å²) in [6.45, 7) is 8.11. The van der Waals surface area contributed by atoms with E-state index in [2.05, 4.69) is 26.2 Å². The first kappa shape index (κ1) is 18.1. The van der Waals surface area contributed by atoms with Gasteiger partial charge in [0.25, 0.3) is 0 Å². The number of rotatable bonds is 5. The van der Waals surface area contributed by atoms with Crippen LogP contribution in [0.5, 0.6) is 0 Å². The van der Waals surface area contributed by atoms with E-state index in [9.17, 15) is 4.79 Å². The lowest BCUT2D eigenvalue weighted by Gasteiger charge is -2.33. The molecule has 25 heavy (non-hydrogen) atoms. The average Bonchev–Trinajstić information content (AvgIpc) is 2.66. The molecule has 0 radical (unpaired) electrons. The second-order valence-corrected chi connectivity index (χ2v) is 6.86. The smallest absolute Gasteiger partial charge is 0.221 e. The predicted molar refractivity (Wildman–Crippen MR) is 96.9 cm³/mol. The fraction of sp³-hybridized carbons (Fsp3) is 0.722. The van der Waals surface area contributed by atoms with Crippen molar-refractivity contribution < 1.29 is 9.53 Å². The number of amides is 1. The highest BCUT2D eigenvalue weighted by atomic mass is 16.5. The minimum Gasteiger partial charge on any atom is -0.378 e. The summed E-state index contributed by atoms with van der Waals surface area (Å²) < 4.78 is 5.44. The van der Waals surface area contributed by atoms with E-state index in [4.69, 9.17) is 9.72 Å². The number of ether oxygens (including phenoxy) is 1. The molecular weight excluding hydrogens is 318 g/mol. The molecule has 3 rings (SSSR count). The Kier molecular flexibility index (Phi) is 6.20. The molecule has 2 aliphatic heterocycles. The van der Waals surface area contributed by atoms with Crippen LogP contribution in [0.25, 0.3) is 0 Å². The molecule has 0 aliphatic carbocycles. The van der Waals surface area contributed by atoms with Gasteiger partial charge in [0.2, 0.25) is 5.91 Å². The van der Waals surface area contributed by atoms with Gasteiger partial charge in [0.1, 0.15) is 11.6 Å². The van der Waals surface area contributed by atoms with Gasteiger partial charge in [-0.25, -0.2) is 9.97 Å². The Hall–Kier alpha value is -1.73. The number of hydrogen-bond donors (Lipinski definition) is 1. The number of hydrogen-bond acceptors (Lipinski definition) is 6. The van der Waals surface area contributed by atoms with Crippen LogP contribution < -0.4 is 10.2 Å². The number of aromatic nitrogens is 2. The SMILES string of the molecule is CNC(=O)CCN1CCC[C@@H](c2cc(N3CCOCC3)nc(C)n2)C1. The van der Waals surface area contributed by atoms with E-state index in [0.717, 1.165) is 76.1 Å². The first-order valence-electron chi connectivity index (χ1n) is 9.27. The third-order valence-corrected chi connectivity index (χ3v) is 5.04. The van der Waals surface area contributed by atoms with E-state index in [1.807, 2.05) is 6.92 Å². The number of carbonyl (C=O) groups excluding carboxylic acids is 1. The summed E-state index contributed by atoms with van der Waals surface area (Å²) in [5, 5.41) is 2.70. The van der Waals surface area contributed by atoms with Crippen LogP contribution in [-0.4, -0.2) is 73.8 Å². The van der Waals surface area contributed by atoms with Crippen LogP contribution in [0.2, 0.25) is 0 Å². The molecule has 0 spiro atoms. The van der Waals surface area contributed by atoms with E-state index >= 15 is 0 Å². The fourth-order valence-corrected chi connectivity index (χ4v) is 3.62. The predicted octanol–water partition coefficient (Wildman–Crippen LogP) is 0.937. The van der Waals surface area contributed by atoms with Gasteiger partial charge in [0.15, 0.2) is 0 Å². The summed E-state index contributed by atoms with van der Waals surface area (Å²) in [5.41, 5.74) is 1.14. The Bertz CT molecular complexity index is 589. The van der Waals surface area contributed by atoms with Gasteiger partial charge in [-0.3, -0.25) is 4.79 Å². The number of aryl methyl sites for hydroxylation is 1. The standard InChI is InChI=1S/C18H29N5O2/c1-14-20-16(12-17(21-14)23-8-10-25-11-9-23)15-4-3-6-22(13-15)7-5-18(24)19-2/h12,15H,3-11,13H2,1-2H3,(H,19,24)/t15-/m1/s1. The number of nitrogens with zero attached hydrogens (tertiary/aromatic N) is 4. The molecule has 138 valence electrons. The lowest BCUT2D eigenvalue weighted by molar-refractivity contribution is -0.121. The van der Waals surface area contributed by atoms with E-state index in [1.54, 1.807) is 7.05 Å². The molecule has 3 heterocycles. The molecule has 0 unspecified atom stereocenters. The maximum Gasteiger partial charge on any atom is 0.221 e. The molecule has 1 N–H and O–H groups in total. The van der Waals surface area contributed by atoms with Crippen molar-refractivity contribution in [3.8, 4) is 0 Å². The lowest BCUT2D eigenvalue weighted by atomic mass is 9.94. The van der Waals surface area contributed by atoms with Crippen molar-refractivity contribution in [1.82, 2.24) is 20.2 Å². The van der Waals surface area contributed by atoms with E-state index < -0.39 is 0 Å². The van der Waals surface area contributed by atoms with Gasteiger partial charge in [-0.1, -0.05) is 0 Å². The number of morpholine rings is 1. The average molecular weight is 347 g/mol. The topological polar surface area (TPSA) is 70.6 Å². The monoisotopic (exact) mass is 347 g/mol.